The number of hydrogen-bond donors (Lipinski definition) is 0. The molecule has 0 bridgehead atoms. The topological polar surface area (TPSA) is 22.0 Å². The standard InChI is InChI=1S/C13H20BrNO/c1-3-5-6-11(4-2)9-15-10-12(14)7-8-13(15)16/h7-8,10-11H,3-6,9H2,1-2H3. The molecule has 0 aromatic carbocycles. The summed E-state index contributed by atoms with van der Waals surface area (Å²) < 4.78 is 2.78. The summed E-state index contributed by atoms with van der Waals surface area (Å²) in [5.41, 5.74) is 0.0955. The molecule has 2 nitrogen and oxygen atoms in total. The molecule has 0 aliphatic carbocycles. The van der Waals surface area contributed by atoms with Gasteiger partial charge in [0.25, 0.3) is 5.56 Å². The van der Waals surface area contributed by atoms with E-state index in [9.17, 15) is 4.79 Å². The third kappa shape index (κ3) is 4.12. The Morgan fingerprint density at radius 2 is 2.12 bits per heavy atom. The van der Waals surface area contributed by atoms with E-state index in [0.717, 1.165) is 17.4 Å². The molecule has 0 saturated carbocycles. The Hall–Kier alpha value is -0.570. The molecule has 90 valence electrons. The third-order valence-corrected chi connectivity index (χ3v) is 3.41. The maximum Gasteiger partial charge on any atom is 0.250 e. The first-order chi connectivity index (χ1) is 7.67. The molecule has 1 aromatic heterocycles. The molecule has 1 atom stereocenters. The lowest BCUT2D eigenvalue weighted by atomic mass is 9.99. The summed E-state index contributed by atoms with van der Waals surface area (Å²) in [5.74, 6) is 0.618. The van der Waals surface area contributed by atoms with Gasteiger partial charge in [-0.3, -0.25) is 4.79 Å². The highest BCUT2D eigenvalue weighted by Crippen LogP contribution is 2.15. The van der Waals surface area contributed by atoms with Crippen molar-refractivity contribution in [1.82, 2.24) is 4.57 Å². The van der Waals surface area contributed by atoms with Crippen LogP contribution >= 0.6 is 15.9 Å². The van der Waals surface area contributed by atoms with Gasteiger partial charge in [0.15, 0.2) is 0 Å². The lowest BCUT2D eigenvalue weighted by Crippen LogP contribution is -2.22. The minimum absolute atomic E-state index is 0.0955. The highest BCUT2D eigenvalue weighted by Gasteiger charge is 2.07. The first kappa shape index (κ1) is 13.5. The van der Waals surface area contributed by atoms with Crippen molar-refractivity contribution in [3.05, 3.63) is 33.2 Å². The monoisotopic (exact) mass is 285 g/mol. The van der Waals surface area contributed by atoms with Crippen molar-refractivity contribution in [2.45, 2.75) is 46.1 Å². The van der Waals surface area contributed by atoms with Crippen molar-refractivity contribution in [1.29, 1.82) is 0 Å². The quantitative estimate of drug-likeness (QED) is 0.779. The fraction of sp³-hybridized carbons (Fsp3) is 0.615. The van der Waals surface area contributed by atoms with Crippen molar-refractivity contribution in [3.8, 4) is 0 Å². The lowest BCUT2D eigenvalue weighted by molar-refractivity contribution is 0.385. The van der Waals surface area contributed by atoms with Crippen LogP contribution in [0.2, 0.25) is 0 Å². The van der Waals surface area contributed by atoms with E-state index in [0.29, 0.717) is 5.92 Å². The highest BCUT2D eigenvalue weighted by molar-refractivity contribution is 9.10. The summed E-state index contributed by atoms with van der Waals surface area (Å²) in [6.45, 7) is 5.25. The van der Waals surface area contributed by atoms with Gasteiger partial charge >= 0.3 is 0 Å². The number of nitrogens with zero attached hydrogens (tertiary/aromatic N) is 1. The van der Waals surface area contributed by atoms with Crippen LogP contribution in [-0.2, 0) is 6.54 Å². The predicted octanol–water partition coefficient (Wildman–Crippen LogP) is 3.83. The van der Waals surface area contributed by atoms with Gasteiger partial charge in [0.05, 0.1) is 0 Å². The van der Waals surface area contributed by atoms with Crippen LogP contribution in [-0.4, -0.2) is 4.57 Å². The molecule has 0 spiro atoms. The Bertz CT molecular complexity index is 372. The number of rotatable bonds is 6. The van der Waals surface area contributed by atoms with Crippen LogP contribution in [0.4, 0.5) is 0 Å². The van der Waals surface area contributed by atoms with Gasteiger partial charge in [-0.05, 0) is 34.3 Å². The molecule has 1 unspecified atom stereocenters. The fourth-order valence-electron chi connectivity index (χ4n) is 1.84. The summed E-state index contributed by atoms with van der Waals surface area (Å²) in [6, 6.07) is 3.42. The molecule has 1 heterocycles. The second kappa shape index (κ2) is 6.89. The van der Waals surface area contributed by atoms with Crippen LogP contribution in [0.1, 0.15) is 39.5 Å². The van der Waals surface area contributed by atoms with Crippen molar-refractivity contribution in [2.24, 2.45) is 5.92 Å². The van der Waals surface area contributed by atoms with E-state index in [1.54, 1.807) is 12.1 Å². The molecule has 0 aliphatic heterocycles. The molecule has 3 heteroatoms. The maximum absolute atomic E-state index is 11.6. The van der Waals surface area contributed by atoms with E-state index >= 15 is 0 Å². The number of halogens is 1. The normalized spacial score (nSPS) is 12.7. The van der Waals surface area contributed by atoms with Gasteiger partial charge in [-0.15, -0.1) is 0 Å². The maximum atomic E-state index is 11.6. The second-order valence-corrected chi connectivity index (χ2v) is 5.17. The van der Waals surface area contributed by atoms with Crippen LogP contribution < -0.4 is 5.56 Å². The number of aromatic nitrogens is 1. The molecular weight excluding hydrogens is 266 g/mol. The van der Waals surface area contributed by atoms with E-state index in [-0.39, 0.29) is 5.56 Å². The van der Waals surface area contributed by atoms with Gasteiger partial charge in [0.1, 0.15) is 0 Å². The summed E-state index contributed by atoms with van der Waals surface area (Å²) in [7, 11) is 0. The minimum Gasteiger partial charge on any atom is -0.314 e. The molecule has 0 N–H and O–H groups in total. The highest BCUT2D eigenvalue weighted by atomic mass is 79.9. The summed E-state index contributed by atoms with van der Waals surface area (Å²) in [4.78, 5) is 11.6. The van der Waals surface area contributed by atoms with Gasteiger partial charge in [-0.2, -0.15) is 0 Å². The van der Waals surface area contributed by atoms with Gasteiger partial charge < -0.3 is 4.57 Å². The molecule has 0 amide bonds. The largest absolute Gasteiger partial charge is 0.314 e. The predicted molar refractivity (Wildman–Crippen MR) is 71.7 cm³/mol. The average Bonchev–Trinajstić information content (AvgIpc) is 2.28. The van der Waals surface area contributed by atoms with Crippen molar-refractivity contribution < 1.29 is 0 Å². The van der Waals surface area contributed by atoms with Crippen molar-refractivity contribution in [3.63, 3.8) is 0 Å². The fourth-order valence-corrected chi connectivity index (χ4v) is 2.22. The lowest BCUT2D eigenvalue weighted by Gasteiger charge is -2.16. The third-order valence-electron chi connectivity index (χ3n) is 2.95. The second-order valence-electron chi connectivity index (χ2n) is 4.25. The molecule has 1 rings (SSSR count). The molecule has 0 fully saturated rings. The van der Waals surface area contributed by atoms with Gasteiger partial charge in [-0.25, -0.2) is 0 Å². The average molecular weight is 286 g/mol. The Balaban J connectivity index is 2.69. The van der Waals surface area contributed by atoms with Crippen LogP contribution in [0.25, 0.3) is 0 Å². The number of pyridine rings is 1. The van der Waals surface area contributed by atoms with Crippen LogP contribution in [0.5, 0.6) is 0 Å². The van der Waals surface area contributed by atoms with E-state index in [1.165, 1.54) is 19.3 Å². The molecule has 0 radical (unpaired) electrons. The van der Waals surface area contributed by atoms with Crippen molar-refractivity contribution in [2.75, 3.05) is 0 Å². The summed E-state index contributed by atoms with van der Waals surface area (Å²) >= 11 is 3.40. The Morgan fingerprint density at radius 1 is 1.38 bits per heavy atom. The van der Waals surface area contributed by atoms with Gasteiger partial charge in [0, 0.05) is 23.3 Å². The Morgan fingerprint density at radius 3 is 2.75 bits per heavy atom. The molecule has 0 saturated heterocycles. The van der Waals surface area contributed by atoms with E-state index in [4.69, 9.17) is 0 Å². The minimum atomic E-state index is 0.0955. The summed E-state index contributed by atoms with van der Waals surface area (Å²) in [6.07, 6.45) is 6.72. The van der Waals surface area contributed by atoms with E-state index in [2.05, 4.69) is 29.8 Å². The van der Waals surface area contributed by atoms with Crippen LogP contribution in [0.3, 0.4) is 0 Å². The Labute approximate surface area is 106 Å². The van der Waals surface area contributed by atoms with Crippen LogP contribution in [0.15, 0.2) is 27.6 Å². The first-order valence-electron chi connectivity index (χ1n) is 6.03. The zero-order chi connectivity index (χ0) is 12.0. The Kier molecular flexibility index (Phi) is 5.81. The summed E-state index contributed by atoms with van der Waals surface area (Å²) in [5, 5.41) is 0. The van der Waals surface area contributed by atoms with Crippen LogP contribution in [0, 0.1) is 5.92 Å². The van der Waals surface area contributed by atoms with E-state index < -0.39 is 0 Å². The van der Waals surface area contributed by atoms with E-state index in [1.807, 2.05) is 10.8 Å². The molecular formula is C13H20BrNO. The zero-order valence-electron chi connectivity index (χ0n) is 10.1. The molecule has 1 aromatic rings. The molecule has 0 aliphatic rings. The number of unbranched alkanes of at least 4 members (excludes halogenated alkanes) is 1. The first-order valence-corrected chi connectivity index (χ1v) is 6.82. The van der Waals surface area contributed by atoms with Gasteiger partial charge in [0.2, 0.25) is 0 Å². The number of hydrogen-bond acceptors (Lipinski definition) is 1. The van der Waals surface area contributed by atoms with Gasteiger partial charge in [-0.1, -0.05) is 33.1 Å². The van der Waals surface area contributed by atoms with Crippen molar-refractivity contribution >= 4 is 15.9 Å². The smallest absolute Gasteiger partial charge is 0.250 e. The zero-order valence-corrected chi connectivity index (χ0v) is 11.7. The SMILES string of the molecule is CCCCC(CC)Cn1cc(Br)ccc1=O. The molecule has 16 heavy (non-hydrogen) atoms.